The third kappa shape index (κ3) is 6.65. The minimum atomic E-state index is -0.176. The fraction of sp³-hybridized carbons (Fsp3) is 0.103. The second-order valence-corrected chi connectivity index (χ2v) is 11.6. The first-order valence-corrected chi connectivity index (χ1v) is 14.5. The molecule has 5 aromatic rings. The molecule has 5 nitrogen and oxygen atoms in total. The van der Waals surface area contributed by atoms with Gasteiger partial charge in [0.05, 0.1) is 11.5 Å². The van der Waals surface area contributed by atoms with Crippen LogP contribution in [0.25, 0.3) is 21.9 Å². The van der Waals surface area contributed by atoms with Crippen LogP contribution in [0.2, 0.25) is 0 Å². The van der Waals surface area contributed by atoms with Crippen molar-refractivity contribution in [2.75, 3.05) is 5.75 Å². The number of hydrogen-bond donors (Lipinski definition) is 1. The van der Waals surface area contributed by atoms with Crippen molar-refractivity contribution in [3.63, 3.8) is 0 Å². The molecule has 0 unspecified atom stereocenters. The molecule has 0 spiro atoms. The van der Waals surface area contributed by atoms with Gasteiger partial charge >= 0.3 is 0 Å². The average Bonchev–Trinajstić information content (AvgIpc) is 3.42. The Balaban J connectivity index is 1.10. The lowest BCUT2D eigenvalue weighted by Crippen LogP contribution is -2.21. The van der Waals surface area contributed by atoms with Gasteiger partial charge in [-0.15, -0.1) is 10.2 Å². The molecule has 0 radical (unpaired) electrons. The van der Waals surface area contributed by atoms with E-state index in [2.05, 4.69) is 87.5 Å². The van der Waals surface area contributed by atoms with Gasteiger partial charge in [0.2, 0.25) is 0 Å². The van der Waals surface area contributed by atoms with E-state index in [0.29, 0.717) is 0 Å². The molecule has 1 amide bonds. The third-order valence-electron chi connectivity index (χ3n) is 5.70. The molecule has 0 bridgehead atoms. The van der Waals surface area contributed by atoms with Crippen molar-refractivity contribution in [3.05, 3.63) is 108 Å². The van der Waals surface area contributed by atoms with Gasteiger partial charge in [-0.05, 0) is 39.9 Å². The molecule has 1 aromatic heterocycles. The molecule has 8 heteroatoms. The summed E-state index contributed by atoms with van der Waals surface area (Å²) in [5, 5.41) is 15.3. The second-order valence-electron chi connectivity index (χ2n) is 8.23. The van der Waals surface area contributed by atoms with Crippen LogP contribution in [0.3, 0.4) is 0 Å². The summed E-state index contributed by atoms with van der Waals surface area (Å²) in [4.78, 5) is 12.3. The maximum Gasteiger partial charge on any atom is 0.250 e. The van der Waals surface area contributed by atoms with E-state index in [4.69, 9.17) is 0 Å². The monoisotopic (exact) mass is 540 g/mol. The standard InChI is InChI=1S/C29H24N4OS3/c1-20(21-14-16-23(17-15-21)22-8-3-2-4-9-22)30-31-27(34)19-36-29-33-32-28(37-29)35-18-25-12-7-11-24-10-5-6-13-26(24)25/h2-17H,18-19H2,1H3,(H,31,34)/b30-20-. The predicted octanol–water partition coefficient (Wildman–Crippen LogP) is 7.28. The molecule has 1 N–H and O–H groups in total. The van der Waals surface area contributed by atoms with E-state index in [-0.39, 0.29) is 11.7 Å². The number of fused-ring (bicyclic) bond motifs is 1. The lowest BCUT2D eigenvalue weighted by molar-refractivity contribution is -0.118. The van der Waals surface area contributed by atoms with Crippen LogP contribution in [0.5, 0.6) is 0 Å². The Labute approximate surface area is 228 Å². The zero-order valence-electron chi connectivity index (χ0n) is 20.1. The number of nitrogens with zero attached hydrogens (tertiary/aromatic N) is 3. The Bertz CT molecular complexity index is 1530. The van der Waals surface area contributed by atoms with Gasteiger partial charge in [-0.3, -0.25) is 4.79 Å². The van der Waals surface area contributed by atoms with E-state index in [9.17, 15) is 4.79 Å². The van der Waals surface area contributed by atoms with Crippen molar-refractivity contribution < 1.29 is 4.79 Å². The van der Waals surface area contributed by atoms with Crippen LogP contribution < -0.4 is 5.43 Å². The first-order chi connectivity index (χ1) is 18.2. The summed E-state index contributed by atoms with van der Waals surface area (Å²) >= 11 is 4.54. The van der Waals surface area contributed by atoms with Crippen molar-refractivity contribution in [1.82, 2.24) is 15.6 Å². The molecule has 0 fully saturated rings. The van der Waals surface area contributed by atoms with E-state index in [1.54, 1.807) is 11.8 Å². The molecule has 184 valence electrons. The zero-order chi connectivity index (χ0) is 25.5. The molecule has 1 heterocycles. The summed E-state index contributed by atoms with van der Waals surface area (Å²) in [6, 6.07) is 33.1. The van der Waals surface area contributed by atoms with E-state index in [1.165, 1.54) is 45.0 Å². The van der Waals surface area contributed by atoms with Gasteiger partial charge in [0.25, 0.3) is 5.91 Å². The van der Waals surface area contributed by atoms with E-state index in [0.717, 1.165) is 31.3 Å². The van der Waals surface area contributed by atoms with Crippen LogP contribution in [0.1, 0.15) is 18.1 Å². The fourth-order valence-electron chi connectivity index (χ4n) is 3.78. The number of hydrogen-bond acceptors (Lipinski definition) is 7. The number of hydrazone groups is 1. The van der Waals surface area contributed by atoms with Crippen LogP contribution in [-0.4, -0.2) is 27.6 Å². The first kappa shape index (κ1) is 25.2. The summed E-state index contributed by atoms with van der Waals surface area (Å²) in [5.74, 6) is 0.874. The van der Waals surface area contributed by atoms with Crippen molar-refractivity contribution >= 4 is 57.3 Å². The Hall–Kier alpha value is -3.46. The molecular formula is C29H24N4OS3. The summed E-state index contributed by atoms with van der Waals surface area (Å²) in [7, 11) is 0. The Morgan fingerprint density at radius 3 is 2.30 bits per heavy atom. The highest BCUT2D eigenvalue weighted by Gasteiger charge is 2.10. The normalized spacial score (nSPS) is 11.5. The number of carbonyl (C=O) groups is 1. The summed E-state index contributed by atoms with van der Waals surface area (Å²) in [6.07, 6.45) is 0. The number of thioether (sulfide) groups is 2. The lowest BCUT2D eigenvalue weighted by atomic mass is 10.0. The molecule has 0 aliphatic rings. The Morgan fingerprint density at radius 1 is 0.811 bits per heavy atom. The highest BCUT2D eigenvalue weighted by molar-refractivity contribution is 8.03. The molecule has 4 aromatic carbocycles. The highest BCUT2D eigenvalue weighted by Crippen LogP contribution is 2.32. The van der Waals surface area contributed by atoms with Crippen LogP contribution in [-0.2, 0) is 10.5 Å². The lowest BCUT2D eigenvalue weighted by Gasteiger charge is -2.05. The van der Waals surface area contributed by atoms with Gasteiger partial charge in [0, 0.05) is 5.75 Å². The molecule has 37 heavy (non-hydrogen) atoms. The van der Waals surface area contributed by atoms with Gasteiger partial charge in [-0.1, -0.05) is 132 Å². The number of aromatic nitrogens is 2. The summed E-state index contributed by atoms with van der Waals surface area (Å²) in [6.45, 7) is 1.88. The molecular weight excluding hydrogens is 517 g/mol. The number of rotatable bonds is 9. The third-order valence-corrected chi connectivity index (χ3v) is 8.94. The van der Waals surface area contributed by atoms with Crippen molar-refractivity contribution in [3.8, 4) is 11.1 Å². The van der Waals surface area contributed by atoms with Crippen LogP contribution >= 0.6 is 34.9 Å². The number of carbonyl (C=O) groups excluding carboxylic acids is 1. The number of amides is 1. The van der Waals surface area contributed by atoms with Crippen molar-refractivity contribution in [2.45, 2.75) is 21.4 Å². The predicted molar refractivity (Wildman–Crippen MR) is 156 cm³/mol. The van der Waals surface area contributed by atoms with E-state index >= 15 is 0 Å². The minimum absolute atomic E-state index is 0.176. The SMILES string of the molecule is C/C(=N/NC(=O)CSc1nnc(SCc2cccc3ccccc23)s1)c1ccc(-c2ccccc2)cc1. The van der Waals surface area contributed by atoms with Gasteiger partial charge in [0.15, 0.2) is 8.68 Å². The largest absolute Gasteiger partial charge is 0.272 e. The van der Waals surface area contributed by atoms with Gasteiger partial charge < -0.3 is 0 Å². The maximum absolute atomic E-state index is 12.3. The van der Waals surface area contributed by atoms with Gasteiger partial charge in [0.1, 0.15) is 0 Å². The summed E-state index contributed by atoms with van der Waals surface area (Å²) in [5.41, 5.74) is 7.94. The molecule has 5 rings (SSSR count). The minimum Gasteiger partial charge on any atom is -0.272 e. The Kier molecular flexibility index (Phi) is 8.30. The van der Waals surface area contributed by atoms with Crippen LogP contribution in [0.15, 0.2) is 111 Å². The van der Waals surface area contributed by atoms with Gasteiger partial charge in [-0.2, -0.15) is 5.10 Å². The number of benzene rings is 4. The highest BCUT2D eigenvalue weighted by atomic mass is 32.2. The van der Waals surface area contributed by atoms with E-state index < -0.39 is 0 Å². The van der Waals surface area contributed by atoms with Crippen molar-refractivity contribution in [1.29, 1.82) is 0 Å². The smallest absolute Gasteiger partial charge is 0.250 e. The van der Waals surface area contributed by atoms with Crippen molar-refractivity contribution in [2.24, 2.45) is 5.10 Å². The Morgan fingerprint density at radius 2 is 1.49 bits per heavy atom. The fourth-order valence-corrected chi connectivity index (χ4v) is 6.59. The molecule has 0 saturated heterocycles. The first-order valence-electron chi connectivity index (χ1n) is 11.7. The average molecular weight is 541 g/mol. The van der Waals surface area contributed by atoms with Gasteiger partial charge in [-0.25, -0.2) is 5.43 Å². The molecule has 0 aliphatic carbocycles. The molecule has 0 atom stereocenters. The summed E-state index contributed by atoms with van der Waals surface area (Å²) < 4.78 is 1.66. The van der Waals surface area contributed by atoms with E-state index in [1.807, 2.05) is 37.3 Å². The number of nitrogens with one attached hydrogen (secondary N) is 1. The molecule has 0 aliphatic heterocycles. The zero-order valence-corrected chi connectivity index (χ0v) is 22.6. The van der Waals surface area contributed by atoms with Crippen LogP contribution in [0.4, 0.5) is 0 Å². The topological polar surface area (TPSA) is 67.2 Å². The second kappa shape index (κ2) is 12.2. The maximum atomic E-state index is 12.3. The molecule has 0 saturated carbocycles. The quantitative estimate of drug-likeness (QED) is 0.121. The van der Waals surface area contributed by atoms with Crippen LogP contribution in [0, 0.1) is 0 Å².